The fourth-order valence-corrected chi connectivity index (χ4v) is 5.91. The van der Waals surface area contributed by atoms with Gasteiger partial charge >= 0.3 is 8.56 Å². The Labute approximate surface area is 144 Å². The van der Waals surface area contributed by atoms with Crippen molar-refractivity contribution < 1.29 is 13.6 Å². The zero-order chi connectivity index (χ0) is 17.1. The molecule has 4 heteroatoms. The first-order valence-corrected chi connectivity index (χ1v) is 12.1. The number of fused-ring (bicyclic) bond motifs is 1. The van der Waals surface area contributed by atoms with Crippen LogP contribution in [-0.4, -0.2) is 33.5 Å². The molecule has 2 aliphatic rings. The molecular formula is C19H38O3Si. The standard InChI is InChI=1S/C19H38O3Si/c1-7-9-14-20-23(6,19(3,4)5)22-16(11-8-2)15-12-10-13-17-18(15)21-17/h15-18H,7-14H2,1-6H3. The lowest BCUT2D eigenvalue weighted by Gasteiger charge is -2.43. The molecule has 136 valence electrons. The van der Waals surface area contributed by atoms with Crippen molar-refractivity contribution in [2.75, 3.05) is 6.61 Å². The van der Waals surface area contributed by atoms with Crippen molar-refractivity contribution in [3.8, 4) is 0 Å². The number of unbranched alkanes of at least 4 members (excludes halogenated alkanes) is 1. The van der Waals surface area contributed by atoms with Crippen LogP contribution in [0.4, 0.5) is 0 Å². The number of epoxide rings is 1. The number of hydrogen-bond donors (Lipinski definition) is 0. The molecule has 0 aromatic rings. The van der Waals surface area contributed by atoms with E-state index in [2.05, 4.69) is 41.2 Å². The summed E-state index contributed by atoms with van der Waals surface area (Å²) in [7, 11) is -2.24. The van der Waals surface area contributed by atoms with Gasteiger partial charge in [-0.15, -0.1) is 0 Å². The molecule has 1 saturated heterocycles. The predicted molar refractivity (Wildman–Crippen MR) is 98.0 cm³/mol. The second-order valence-electron chi connectivity index (χ2n) is 8.58. The van der Waals surface area contributed by atoms with Gasteiger partial charge in [-0.25, -0.2) is 0 Å². The highest BCUT2D eigenvalue weighted by molar-refractivity contribution is 6.69. The summed E-state index contributed by atoms with van der Waals surface area (Å²) in [6.45, 7) is 14.4. The molecule has 3 nitrogen and oxygen atoms in total. The van der Waals surface area contributed by atoms with Crippen LogP contribution in [0.15, 0.2) is 0 Å². The van der Waals surface area contributed by atoms with E-state index < -0.39 is 8.56 Å². The van der Waals surface area contributed by atoms with Crippen LogP contribution in [-0.2, 0) is 13.6 Å². The lowest BCUT2D eigenvalue weighted by atomic mass is 9.84. The summed E-state index contributed by atoms with van der Waals surface area (Å²) < 4.78 is 19.2. The van der Waals surface area contributed by atoms with Gasteiger partial charge in [0.15, 0.2) is 0 Å². The summed E-state index contributed by atoms with van der Waals surface area (Å²) >= 11 is 0. The van der Waals surface area contributed by atoms with Gasteiger partial charge in [-0.1, -0.05) is 53.9 Å². The molecule has 0 spiro atoms. The first-order chi connectivity index (χ1) is 10.8. The van der Waals surface area contributed by atoms with Crippen molar-refractivity contribution in [2.45, 2.75) is 109 Å². The van der Waals surface area contributed by atoms with Crippen LogP contribution in [0, 0.1) is 5.92 Å². The van der Waals surface area contributed by atoms with E-state index in [4.69, 9.17) is 13.6 Å². The van der Waals surface area contributed by atoms with Crippen LogP contribution in [0.3, 0.4) is 0 Å². The molecule has 0 radical (unpaired) electrons. The van der Waals surface area contributed by atoms with E-state index in [1.165, 1.54) is 32.1 Å². The Morgan fingerprint density at radius 1 is 1.17 bits per heavy atom. The summed E-state index contributed by atoms with van der Waals surface area (Å²) in [4.78, 5) is 0. The maximum atomic E-state index is 6.86. The van der Waals surface area contributed by atoms with Crippen LogP contribution < -0.4 is 0 Å². The average molecular weight is 343 g/mol. The Bertz CT molecular complexity index is 368. The molecule has 0 amide bonds. The fraction of sp³-hybridized carbons (Fsp3) is 1.00. The SMILES string of the molecule is CCCCO[Si](C)(OC(CCC)C1CCCC2OC21)C(C)(C)C. The zero-order valence-corrected chi connectivity index (χ0v) is 17.2. The first kappa shape index (κ1) is 19.4. The van der Waals surface area contributed by atoms with E-state index >= 15 is 0 Å². The molecule has 1 aliphatic heterocycles. The van der Waals surface area contributed by atoms with Gasteiger partial charge in [0.05, 0.1) is 18.3 Å². The summed E-state index contributed by atoms with van der Waals surface area (Å²) in [6, 6.07) is 0. The third kappa shape index (κ3) is 4.81. The van der Waals surface area contributed by atoms with Gasteiger partial charge in [0, 0.05) is 17.6 Å². The summed E-state index contributed by atoms with van der Waals surface area (Å²) in [5, 5.41) is 0.0885. The maximum absolute atomic E-state index is 6.86. The fourth-order valence-electron chi connectivity index (χ4n) is 3.65. The quantitative estimate of drug-likeness (QED) is 0.318. The van der Waals surface area contributed by atoms with Crippen molar-refractivity contribution in [3.05, 3.63) is 0 Å². The highest BCUT2D eigenvalue weighted by Crippen LogP contribution is 2.46. The third-order valence-electron chi connectivity index (χ3n) is 5.73. The predicted octanol–water partition coefficient (Wildman–Crippen LogP) is 5.43. The largest absolute Gasteiger partial charge is 0.394 e. The van der Waals surface area contributed by atoms with E-state index in [9.17, 15) is 0 Å². The van der Waals surface area contributed by atoms with Crippen molar-refractivity contribution in [2.24, 2.45) is 5.92 Å². The molecule has 2 rings (SSSR count). The van der Waals surface area contributed by atoms with Crippen LogP contribution in [0.25, 0.3) is 0 Å². The smallest absolute Gasteiger partial charge is 0.340 e. The molecule has 23 heavy (non-hydrogen) atoms. The second kappa shape index (κ2) is 7.98. The van der Waals surface area contributed by atoms with Gasteiger partial charge in [0.2, 0.25) is 0 Å². The molecule has 0 bridgehead atoms. The van der Waals surface area contributed by atoms with Gasteiger partial charge in [-0.2, -0.15) is 0 Å². The summed E-state index contributed by atoms with van der Waals surface area (Å²) in [6.07, 6.45) is 9.71. The Morgan fingerprint density at radius 3 is 2.52 bits per heavy atom. The molecule has 1 heterocycles. The number of hydrogen-bond acceptors (Lipinski definition) is 3. The van der Waals surface area contributed by atoms with E-state index in [1.54, 1.807) is 0 Å². The summed E-state index contributed by atoms with van der Waals surface area (Å²) in [5.41, 5.74) is 0. The van der Waals surface area contributed by atoms with Crippen LogP contribution >= 0.6 is 0 Å². The van der Waals surface area contributed by atoms with Gasteiger partial charge in [0.25, 0.3) is 0 Å². The highest BCUT2D eigenvalue weighted by atomic mass is 28.4. The molecule has 0 aromatic carbocycles. The van der Waals surface area contributed by atoms with Crippen molar-refractivity contribution in [3.63, 3.8) is 0 Å². The minimum atomic E-state index is -2.24. The molecule has 5 unspecified atom stereocenters. The second-order valence-corrected chi connectivity index (χ2v) is 12.5. The topological polar surface area (TPSA) is 31.0 Å². The maximum Gasteiger partial charge on any atom is 0.340 e. The minimum absolute atomic E-state index is 0.0885. The zero-order valence-electron chi connectivity index (χ0n) is 16.2. The molecule has 2 fully saturated rings. The van der Waals surface area contributed by atoms with Crippen LogP contribution in [0.1, 0.15) is 79.6 Å². The molecule has 1 saturated carbocycles. The van der Waals surface area contributed by atoms with E-state index in [0.717, 1.165) is 19.4 Å². The Morgan fingerprint density at radius 2 is 1.91 bits per heavy atom. The molecule has 0 aromatic heterocycles. The highest BCUT2D eigenvalue weighted by Gasteiger charge is 2.53. The van der Waals surface area contributed by atoms with Gasteiger partial charge in [-0.3, -0.25) is 0 Å². The number of rotatable bonds is 9. The Hall–Kier alpha value is 0.0969. The average Bonchev–Trinajstić information content (AvgIpc) is 3.25. The van der Waals surface area contributed by atoms with Gasteiger partial charge < -0.3 is 13.6 Å². The lowest BCUT2D eigenvalue weighted by Crippen LogP contribution is -2.52. The van der Waals surface area contributed by atoms with Gasteiger partial charge in [0.1, 0.15) is 0 Å². The lowest BCUT2D eigenvalue weighted by molar-refractivity contribution is 0.0410. The Kier molecular flexibility index (Phi) is 6.74. The Balaban J connectivity index is 2.06. The summed E-state index contributed by atoms with van der Waals surface area (Å²) in [5.74, 6) is 0.581. The van der Waals surface area contributed by atoms with E-state index in [-0.39, 0.29) is 5.04 Å². The van der Waals surface area contributed by atoms with Crippen molar-refractivity contribution in [1.82, 2.24) is 0 Å². The molecular weight excluding hydrogens is 304 g/mol. The van der Waals surface area contributed by atoms with Crippen molar-refractivity contribution >= 4 is 8.56 Å². The van der Waals surface area contributed by atoms with Gasteiger partial charge in [-0.05, 0) is 32.2 Å². The normalized spacial score (nSPS) is 31.3. The van der Waals surface area contributed by atoms with E-state index in [1.807, 2.05) is 0 Å². The van der Waals surface area contributed by atoms with Crippen LogP contribution in [0.5, 0.6) is 0 Å². The minimum Gasteiger partial charge on any atom is -0.394 e. The number of ether oxygens (including phenoxy) is 1. The van der Waals surface area contributed by atoms with Crippen molar-refractivity contribution in [1.29, 1.82) is 0 Å². The molecule has 1 aliphatic carbocycles. The molecule has 5 atom stereocenters. The first-order valence-electron chi connectivity index (χ1n) is 9.79. The van der Waals surface area contributed by atoms with E-state index in [0.29, 0.717) is 24.2 Å². The molecule has 0 N–H and O–H groups in total. The third-order valence-corrected chi connectivity index (χ3v) is 9.97. The van der Waals surface area contributed by atoms with Crippen LogP contribution in [0.2, 0.25) is 11.6 Å². The monoisotopic (exact) mass is 342 g/mol.